The molecule has 4 nitrogen and oxygen atoms in total. The second kappa shape index (κ2) is 6.06. The van der Waals surface area contributed by atoms with Crippen LogP contribution in [0.5, 0.6) is 5.75 Å². The fourth-order valence-electron chi connectivity index (χ4n) is 3.36. The number of para-hydroxylation sites is 1. The molecule has 116 valence electrons. The highest BCUT2D eigenvalue weighted by Gasteiger charge is 2.38. The first-order valence-corrected chi connectivity index (χ1v) is 7.52. The van der Waals surface area contributed by atoms with Gasteiger partial charge in [0.25, 0.3) is 5.91 Å². The van der Waals surface area contributed by atoms with Crippen LogP contribution in [-0.2, 0) is 4.79 Å². The lowest BCUT2D eigenvalue weighted by Crippen LogP contribution is -2.62. The molecule has 0 radical (unpaired) electrons. The second-order valence-corrected chi connectivity index (χ2v) is 7.17. The summed E-state index contributed by atoms with van der Waals surface area (Å²) in [6.45, 7) is 8.76. The molecule has 0 aromatic heterocycles. The number of benzene rings is 1. The molecular weight excluding hydrogens is 264 g/mol. The SMILES string of the molecule is CC1(C)CC(NC(=O)COc2ccccc2)CC(C)(C)N1. The van der Waals surface area contributed by atoms with Crippen LogP contribution in [0.25, 0.3) is 0 Å². The molecule has 0 unspecified atom stereocenters. The predicted octanol–water partition coefficient (Wildman–Crippen LogP) is 2.49. The first-order chi connectivity index (χ1) is 9.76. The minimum Gasteiger partial charge on any atom is -0.484 e. The maximum Gasteiger partial charge on any atom is 0.258 e. The summed E-state index contributed by atoms with van der Waals surface area (Å²) in [5.74, 6) is 0.663. The van der Waals surface area contributed by atoms with E-state index in [1.54, 1.807) is 0 Å². The number of hydrogen-bond acceptors (Lipinski definition) is 3. The van der Waals surface area contributed by atoms with E-state index in [4.69, 9.17) is 4.74 Å². The largest absolute Gasteiger partial charge is 0.484 e. The van der Waals surface area contributed by atoms with Crippen LogP contribution in [0.1, 0.15) is 40.5 Å². The van der Waals surface area contributed by atoms with Crippen LogP contribution in [0, 0.1) is 0 Å². The second-order valence-electron chi connectivity index (χ2n) is 7.17. The van der Waals surface area contributed by atoms with Crippen molar-refractivity contribution in [3.8, 4) is 5.75 Å². The Hall–Kier alpha value is -1.55. The molecule has 1 aliphatic rings. The smallest absolute Gasteiger partial charge is 0.258 e. The van der Waals surface area contributed by atoms with Crippen LogP contribution in [0.4, 0.5) is 0 Å². The highest BCUT2D eigenvalue weighted by atomic mass is 16.5. The van der Waals surface area contributed by atoms with Gasteiger partial charge in [0, 0.05) is 17.1 Å². The van der Waals surface area contributed by atoms with Gasteiger partial charge in [0.2, 0.25) is 0 Å². The Labute approximate surface area is 127 Å². The minimum atomic E-state index is -0.0580. The molecule has 1 aromatic rings. The molecule has 4 heteroatoms. The highest BCUT2D eigenvalue weighted by Crippen LogP contribution is 2.28. The van der Waals surface area contributed by atoms with E-state index in [9.17, 15) is 4.79 Å². The fraction of sp³-hybridized carbons (Fsp3) is 0.588. The van der Waals surface area contributed by atoms with Gasteiger partial charge in [-0.3, -0.25) is 4.79 Å². The summed E-state index contributed by atoms with van der Waals surface area (Å²) >= 11 is 0. The molecule has 1 saturated heterocycles. The van der Waals surface area contributed by atoms with Gasteiger partial charge >= 0.3 is 0 Å². The summed E-state index contributed by atoms with van der Waals surface area (Å²) in [6.07, 6.45) is 1.85. The average molecular weight is 290 g/mol. The molecule has 0 spiro atoms. The van der Waals surface area contributed by atoms with Crippen molar-refractivity contribution in [2.24, 2.45) is 0 Å². The zero-order chi connectivity index (χ0) is 15.5. The lowest BCUT2D eigenvalue weighted by Gasteiger charge is -2.46. The van der Waals surface area contributed by atoms with E-state index in [-0.39, 0.29) is 29.6 Å². The molecule has 1 aliphatic heterocycles. The number of amides is 1. The van der Waals surface area contributed by atoms with Crippen molar-refractivity contribution in [3.05, 3.63) is 30.3 Å². The van der Waals surface area contributed by atoms with Gasteiger partial charge in [-0.1, -0.05) is 18.2 Å². The van der Waals surface area contributed by atoms with E-state index >= 15 is 0 Å². The molecule has 1 aromatic carbocycles. The molecular formula is C17H26N2O2. The first-order valence-electron chi connectivity index (χ1n) is 7.52. The van der Waals surface area contributed by atoms with Crippen molar-refractivity contribution < 1.29 is 9.53 Å². The van der Waals surface area contributed by atoms with Crippen molar-refractivity contribution in [3.63, 3.8) is 0 Å². The van der Waals surface area contributed by atoms with Crippen molar-refractivity contribution in [1.82, 2.24) is 10.6 Å². The third-order valence-corrected chi connectivity index (χ3v) is 3.67. The van der Waals surface area contributed by atoms with Crippen molar-refractivity contribution in [2.75, 3.05) is 6.61 Å². The Bertz CT molecular complexity index is 467. The molecule has 2 N–H and O–H groups in total. The number of piperidine rings is 1. The van der Waals surface area contributed by atoms with Crippen molar-refractivity contribution in [2.45, 2.75) is 57.7 Å². The minimum absolute atomic E-state index is 0.0278. The highest BCUT2D eigenvalue weighted by molar-refractivity contribution is 5.77. The number of ether oxygens (including phenoxy) is 1. The molecule has 1 fully saturated rings. The van der Waals surface area contributed by atoms with Gasteiger partial charge in [0.15, 0.2) is 6.61 Å². The van der Waals surface area contributed by atoms with Crippen LogP contribution in [-0.4, -0.2) is 29.6 Å². The van der Waals surface area contributed by atoms with E-state index in [0.29, 0.717) is 0 Å². The van der Waals surface area contributed by atoms with E-state index in [2.05, 4.69) is 38.3 Å². The molecule has 2 rings (SSSR count). The third kappa shape index (κ3) is 5.05. The topological polar surface area (TPSA) is 50.4 Å². The normalized spacial score (nSPS) is 20.8. The predicted molar refractivity (Wildman–Crippen MR) is 84.4 cm³/mol. The van der Waals surface area contributed by atoms with Crippen molar-refractivity contribution >= 4 is 5.91 Å². The van der Waals surface area contributed by atoms with Gasteiger partial charge < -0.3 is 15.4 Å². The van der Waals surface area contributed by atoms with E-state index in [1.165, 1.54) is 0 Å². The zero-order valence-corrected chi connectivity index (χ0v) is 13.4. The number of nitrogens with one attached hydrogen (secondary N) is 2. The lowest BCUT2D eigenvalue weighted by molar-refractivity contribution is -0.124. The third-order valence-electron chi connectivity index (χ3n) is 3.67. The van der Waals surface area contributed by atoms with Gasteiger partial charge in [-0.05, 0) is 52.7 Å². The molecule has 0 aliphatic carbocycles. The van der Waals surface area contributed by atoms with Crippen LogP contribution in [0.15, 0.2) is 30.3 Å². The van der Waals surface area contributed by atoms with Gasteiger partial charge in [0.05, 0.1) is 0 Å². The zero-order valence-electron chi connectivity index (χ0n) is 13.4. The summed E-state index contributed by atoms with van der Waals surface area (Å²) in [7, 11) is 0. The van der Waals surface area contributed by atoms with Gasteiger partial charge in [0.1, 0.15) is 5.75 Å². The maximum absolute atomic E-state index is 12.1. The molecule has 0 saturated carbocycles. The Morgan fingerprint density at radius 3 is 2.33 bits per heavy atom. The summed E-state index contributed by atoms with van der Waals surface area (Å²) < 4.78 is 5.49. The molecule has 21 heavy (non-hydrogen) atoms. The number of rotatable bonds is 4. The average Bonchev–Trinajstić information content (AvgIpc) is 2.33. The van der Waals surface area contributed by atoms with Crippen LogP contribution < -0.4 is 15.4 Å². The monoisotopic (exact) mass is 290 g/mol. The molecule has 0 atom stereocenters. The Balaban J connectivity index is 1.85. The Morgan fingerprint density at radius 2 is 1.76 bits per heavy atom. The van der Waals surface area contributed by atoms with E-state index < -0.39 is 0 Å². The number of carbonyl (C=O) groups excluding carboxylic acids is 1. The lowest BCUT2D eigenvalue weighted by atomic mass is 9.79. The fourth-order valence-corrected chi connectivity index (χ4v) is 3.36. The van der Waals surface area contributed by atoms with Crippen LogP contribution >= 0.6 is 0 Å². The quantitative estimate of drug-likeness (QED) is 0.896. The van der Waals surface area contributed by atoms with E-state index in [1.807, 2.05) is 30.3 Å². The van der Waals surface area contributed by atoms with Gasteiger partial charge in [-0.15, -0.1) is 0 Å². The van der Waals surface area contributed by atoms with Crippen LogP contribution in [0.3, 0.4) is 0 Å². The molecule has 0 bridgehead atoms. The summed E-state index contributed by atoms with van der Waals surface area (Å²) in [4.78, 5) is 12.1. The van der Waals surface area contributed by atoms with Crippen molar-refractivity contribution in [1.29, 1.82) is 0 Å². The molecule has 1 heterocycles. The summed E-state index contributed by atoms with van der Waals surface area (Å²) in [5, 5.41) is 6.71. The maximum atomic E-state index is 12.1. The standard InChI is InChI=1S/C17H26N2O2/c1-16(2)10-13(11-17(3,4)19-16)18-15(20)12-21-14-8-6-5-7-9-14/h5-9,13,19H,10-12H2,1-4H3,(H,18,20). The number of hydrogen-bond donors (Lipinski definition) is 2. The van der Waals surface area contributed by atoms with Gasteiger partial charge in [-0.25, -0.2) is 0 Å². The van der Waals surface area contributed by atoms with E-state index in [0.717, 1.165) is 18.6 Å². The Kier molecular flexibility index (Phi) is 4.57. The Morgan fingerprint density at radius 1 is 1.19 bits per heavy atom. The first kappa shape index (κ1) is 15.8. The summed E-state index contributed by atoms with van der Waals surface area (Å²) in [5.41, 5.74) is 0.0555. The summed E-state index contributed by atoms with van der Waals surface area (Å²) in [6, 6.07) is 9.60. The molecule has 1 amide bonds. The number of carbonyl (C=O) groups is 1. The van der Waals surface area contributed by atoms with Crippen LogP contribution in [0.2, 0.25) is 0 Å². The van der Waals surface area contributed by atoms with Gasteiger partial charge in [-0.2, -0.15) is 0 Å².